The lowest BCUT2D eigenvalue weighted by molar-refractivity contribution is -0.122. The van der Waals surface area contributed by atoms with Crippen molar-refractivity contribution in [1.82, 2.24) is 15.1 Å². The van der Waals surface area contributed by atoms with Gasteiger partial charge in [0.05, 0.1) is 13.7 Å². The third kappa shape index (κ3) is 4.45. The van der Waals surface area contributed by atoms with Gasteiger partial charge in [-0.05, 0) is 30.5 Å². The Morgan fingerprint density at radius 1 is 1.23 bits per heavy atom. The summed E-state index contributed by atoms with van der Waals surface area (Å²) in [5.41, 5.74) is 1.28. The Kier molecular flexibility index (Phi) is 4.95. The molecule has 1 aliphatic carbocycles. The lowest BCUT2D eigenvalue weighted by Crippen LogP contribution is -2.49. The first-order valence-corrected chi connectivity index (χ1v) is 8.10. The molecule has 0 radical (unpaired) electrons. The maximum atomic E-state index is 11.8. The molecule has 1 aliphatic heterocycles. The van der Waals surface area contributed by atoms with Crippen LogP contribution in [0.3, 0.4) is 0 Å². The highest BCUT2D eigenvalue weighted by atomic mass is 16.5. The minimum atomic E-state index is 0.184. The van der Waals surface area contributed by atoms with Gasteiger partial charge in [0, 0.05) is 38.8 Å². The number of benzene rings is 1. The number of nitrogens with one attached hydrogen (secondary N) is 1. The molecule has 0 bridgehead atoms. The first kappa shape index (κ1) is 15.3. The van der Waals surface area contributed by atoms with Gasteiger partial charge in [0.1, 0.15) is 5.75 Å². The van der Waals surface area contributed by atoms with E-state index in [2.05, 4.69) is 27.2 Å². The van der Waals surface area contributed by atoms with E-state index in [-0.39, 0.29) is 5.91 Å². The first-order valence-electron chi connectivity index (χ1n) is 8.10. The van der Waals surface area contributed by atoms with Gasteiger partial charge in [-0.25, -0.2) is 0 Å². The molecule has 1 amide bonds. The van der Waals surface area contributed by atoms with Crippen molar-refractivity contribution in [1.29, 1.82) is 0 Å². The van der Waals surface area contributed by atoms with E-state index in [1.54, 1.807) is 7.11 Å². The average molecular weight is 303 g/mol. The molecule has 1 aromatic rings. The van der Waals surface area contributed by atoms with Crippen molar-refractivity contribution >= 4 is 5.91 Å². The molecule has 22 heavy (non-hydrogen) atoms. The summed E-state index contributed by atoms with van der Waals surface area (Å²) in [5, 5.41) is 3.06. The van der Waals surface area contributed by atoms with E-state index in [0.717, 1.165) is 51.3 Å². The van der Waals surface area contributed by atoms with Crippen LogP contribution in [0, 0.1) is 0 Å². The number of ether oxygens (including phenoxy) is 1. The fourth-order valence-corrected chi connectivity index (χ4v) is 2.84. The fourth-order valence-electron chi connectivity index (χ4n) is 2.84. The highest BCUT2D eigenvalue weighted by molar-refractivity contribution is 5.78. The van der Waals surface area contributed by atoms with Gasteiger partial charge in [0.25, 0.3) is 0 Å². The van der Waals surface area contributed by atoms with Gasteiger partial charge in [-0.3, -0.25) is 14.6 Å². The number of piperazine rings is 1. The molecule has 120 valence electrons. The molecular weight excluding hydrogens is 278 g/mol. The van der Waals surface area contributed by atoms with E-state index in [0.29, 0.717) is 12.6 Å². The number of amides is 1. The van der Waals surface area contributed by atoms with Crippen LogP contribution in [0.2, 0.25) is 0 Å². The van der Waals surface area contributed by atoms with Gasteiger partial charge in [-0.2, -0.15) is 0 Å². The Labute approximate surface area is 132 Å². The molecule has 2 fully saturated rings. The number of methoxy groups -OCH3 is 1. The maximum Gasteiger partial charge on any atom is 0.234 e. The molecule has 5 heteroatoms. The van der Waals surface area contributed by atoms with Crippen molar-refractivity contribution in [2.45, 2.75) is 25.4 Å². The Balaban J connectivity index is 1.41. The summed E-state index contributed by atoms with van der Waals surface area (Å²) in [7, 11) is 1.70. The lowest BCUT2D eigenvalue weighted by Gasteiger charge is -2.34. The SMILES string of the molecule is COc1cccc(CN2CCN(CC(=O)NC3CC3)CC2)c1. The zero-order chi connectivity index (χ0) is 15.4. The lowest BCUT2D eigenvalue weighted by atomic mass is 10.2. The van der Waals surface area contributed by atoms with Crippen molar-refractivity contribution in [2.75, 3.05) is 39.8 Å². The molecule has 1 heterocycles. The average Bonchev–Trinajstić information content (AvgIpc) is 3.33. The summed E-state index contributed by atoms with van der Waals surface area (Å²) in [4.78, 5) is 16.5. The molecule has 3 rings (SSSR count). The highest BCUT2D eigenvalue weighted by Gasteiger charge is 2.25. The zero-order valence-electron chi connectivity index (χ0n) is 13.3. The second kappa shape index (κ2) is 7.11. The molecule has 0 aromatic heterocycles. The molecule has 1 aromatic carbocycles. The molecule has 1 saturated carbocycles. The largest absolute Gasteiger partial charge is 0.497 e. The third-order valence-electron chi connectivity index (χ3n) is 4.31. The van der Waals surface area contributed by atoms with Crippen molar-refractivity contribution < 1.29 is 9.53 Å². The molecule has 2 aliphatic rings. The van der Waals surface area contributed by atoms with Crippen LogP contribution in [0.1, 0.15) is 18.4 Å². The summed E-state index contributed by atoms with van der Waals surface area (Å²) >= 11 is 0. The molecule has 0 atom stereocenters. The Morgan fingerprint density at radius 2 is 1.95 bits per heavy atom. The standard InChI is InChI=1S/C17H25N3O2/c1-22-16-4-2-3-14(11-16)12-19-7-9-20(10-8-19)13-17(21)18-15-5-6-15/h2-4,11,15H,5-10,12-13H2,1H3,(H,18,21). The Morgan fingerprint density at radius 3 is 2.64 bits per heavy atom. The number of carbonyl (C=O) groups excluding carboxylic acids is 1. The number of hydrogen-bond acceptors (Lipinski definition) is 4. The van der Waals surface area contributed by atoms with Crippen LogP contribution in [-0.4, -0.2) is 61.6 Å². The summed E-state index contributed by atoms with van der Waals surface area (Å²) in [6, 6.07) is 8.70. The van der Waals surface area contributed by atoms with Crippen LogP contribution < -0.4 is 10.1 Å². The summed E-state index contributed by atoms with van der Waals surface area (Å²) in [6.07, 6.45) is 2.31. The molecule has 0 unspecified atom stereocenters. The van der Waals surface area contributed by atoms with Crippen LogP contribution in [0.25, 0.3) is 0 Å². The van der Waals surface area contributed by atoms with Crippen LogP contribution in [-0.2, 0) is 11.3 Å². The van der Waals surface area contributed by atoms with Crippen molar-refractivity contribution in [3.05, 3.63) is 29.8 Å². The summed E-state index contributed by atoms with van der Waals surface area (Å²) in [5.74, 6) is 1.09. The van der Waals surface area contributed by atoms with E-state index in [9.17, 15) is 4.79 Å². The number of rotatable bonds is 6. The second-order valence-corrected chi connectivity index (χ2v) is 6.25. The predicted octanol–water partition coefficient (Wildman–Crippen LogP) is 1.09. The van der Waals surface area contributed by atoms with Crippen molar-refractivity contribution in [3.63, 3.8) is 0 Å². The topological polar surface area (TPSA) is 44.8 Å². The van der Waals surface area contributed by atoms with Gasteiger partial charge in [0.15, 0.2) is 0 Å². The Bertz CT molecular complexity index is 508. The third-order valence-corrected chi connectivity index (χ3v) is 4.31. The van der Waals surface area contributed by atoms with Crippen LogP contribution in [0.4, 0.5) is 0 Å². The number of carbonyl (C=O) groups is 1. The maximum absolute atomic E-state index is 11.8. The van der Waals surface area contributed by atoms with Crippen molar-refractivity contribution in [3.8, 4) is 5.75 Å². The number of hydrogen-bond donors (Lipinski definition) is 1. The van der Waals surface area contributed by atoms with Gasteiger partial charge < -0.3 is 10.1 Å². The van der Waals surface area contributed by atoms with Crippen molar-refractivity contribution in [2.24, 2.45) is 0 Å². The van der Waals surface area contributed by atoms with Crippen LogP contribution >= 0.6 is 0 Å². The fraction of sp³-hybridized carbons (Fsp3) is 0.588. The van der Waals surface area contributed by atoms with E-state index in [4.69, 9.17) is 4.74 Å². The normalized spacial score (nSPS) is 19.9. The summed E-state index contributed by atoms with van der Waals surface area (Å²) in [6.45, 7) is 5.43. The van der Waals surface area contributed by atoms with E-state index >= 15 is 0 Å². The minimum Gasteiger partial charge on any atom is -0.497 e. The van der Waals surface area contributed by atoms with E-state index in [1.807, 2.05) is 12.1 Å². The van der Waals surface area contributed by atoms with E-state index in [1.165, 1.54) is 5.56 Å². The number of nitrogens with zero attached hydrogens (tertiary/aromatic N) is 2. The molecule has 5 nitrogen and oxygen atoms in total. The predicted molar refractivity (Wildman–Crippen MR) is 85.9 cm³/mol. The zero-order valence-corrected chi connectivity index (χ0v) is 13.3. The Hall–Kier alpha value is -1.59. The highest BCUT2D eigenvalue weighted by Crippen LogP contribution is 2.18. The minimum absolute atomic E-state index is 0.184. The monoisotopic (exact) mass is 303 g/mol. The van der Waals surface area contributed by atoms with Crippen LogP contribution in [0.5, 0.6) is 5.75 Å². The second-order valence-electron chi connectivity index (χ2n) is 6.25. The summed E-state index contributed by atoms with van der Waals surface area (Å²) < 4.78 is 5.27. The first-order chi connectivity index (χ1) is 10.7. The van der Waals surface area contributed by atoms with Gasteiger partial charge in [-0.15, -0.1) is 0 Å². The molecular formula is C17H25N3O2. The molecule has 0 spiro atoms. The van der Waals surface area contributed by atoms with Gasteiger partial charge in [-0.1, -0.05) is 12.1 Å². The van der Waals surface area contributed by atoms with E-state index < -0.39 is 0 Å². The van der Waals surface area contributed by atoms with Gasteiger partial charge in [0.2, 0.25) is 5.91 Å². The molecule has 1 N–H and O–H groups in total. The quantitative estimate of drug-likeness (QED) is 0.854. The molecule has 1 saturated heterocycles. The van der Waals surface area contributed by atoms with Gasteiger partial charge >= 0.3 is 0 Å². The van der Waals surface area contributed by atoms with Crippen LogP contribution in [0.15, 0.2) is 24.3 Å². The smallest absolute Gasteiger partial charge is 0.234 e.